The molecule has 0 fully saturated rings. The number of aromatic hydroxyl groups is 1. The van der Waals surface area contributed by atoms with Gasteiger partial charge in [-0.15, -0.1) is 0 Å². The van der Waals surface area contributed by atoms with E-state index < -0.39 is 0 Å². The van der Waals surface area contributed by atoms with Crippen molar-refractivity contribution in [2.45, 2.75) is 48.0 Å². The molecule has 2 rings (SSSR count). The van der Waals surface area contributed by atoms with E-state index in [1.807, 2.05) is 18.2 Å². The molecule has 0 bridgehead atoms. The minimum atomic E-state index is -0.194. The summed E-state index contributed by atoms with van der Waals surface area (Å²) in [6.07, 6.45) is 1.05. The molecular formula is C24H32O3. The summed E-state index contributed by atoms with van der Waals surface area (Å²) >= 11 is 0. The summed E-state index contributed by atoms with van der Waals surface area (Å²) in [5.74, 6) is 0.718. The zero-order valence-corrected chi connectivity index (χ0v) is 17.4. The number of benzene rings is 2. The van der Waals surface area contributed by atoms with E-state index in [9.17, 15) is 9.90 Å². The number of hydrogen-bond acceptors (Lipinski definition) is 3. The van der Waals surface area contributed by atoms with Crippen molar-refractivity contribution in [1.82, 2.24) is 0 Å². The second-order valence-electron chi connectivity index (χ2n) is 9.51. The second kappa shape index (κ2) is 8.16. The van der Waals surface area contributed by atoms with Crippen molar-refractivity contribution in [2.24, 2.45) is 16.7 Å². The van der Waals surface area contributed by atoms with Gasteiger partial charge in [-0.2, -0.15) is 0 Å². The van der Waals surface area contributed by atoms with Crippen LogP contribution in [0.25, 0.3) is 0 Å². The fourth-order valence-electron chi connectivity index (χ4n) is 3.09. The topological polar surface area (TPSA) is 46.5 Å². The highest BCUT2D eigenvalue weighted by Gasteiger charge is 2.29. The number of ether oxygens (including phenoxy) is 1. The third kappa shape index (κ3) is 6.13. The SMILES string of the molecule is CC(C)(C)CC(COc1ccc(C(=O)c2ccccc2)c(O)c1)C(C)(C)C. The van der Waals surface area contributed by atoms with E-state index in [2.05, 4.69) is 41.5 Å². The van der Waals surface area contributed by atoms with Crippen molar-refractivity contribution in [3.63, 3.8) is 0 Å². The van der Waals surface area contributed by atoms with Crippen LogP contribution in [0.15, 0.2) is 48.5 Å². The number of phenolic OH excluding ortho intramolecular Hbond substituents is 1. The third-order valence-electron chi connectivity index (χ3n) is 4.78. The predicted octanol–water partition coefficient (Wildman–Crippen LogP) is 6.10. The van der Waals surface area contributed by atoms with E-state index in [1.54, 1.807) is 24.3 Å². The van der Waals surface area contributed by atoms with E-state index in [4.69, 9.17) is 4.74 Å². The van der Waals surface area contributed by atoms with Gasteiger partial charge in [-0.05, 0) is 35.3 Å². The van der Waals surface area contributed by atoms with Gasteiger partial charge in [0.25, 0.3) is 0 Å². The van der Waals surface area contributed by atoms with Crippen molar-refractivity contribution in [1.29, 1.82) is 0 Å². The van der Waals surface area contributed by atoms with E-state index >= 15 is 0 Å². The largest absolute Gasteiger partial charge is 0.507 e. The van der Waals surface area contributed by atoms with Crippen molar-refractivity contribution in [3.8, 4) is 11.5 Å². The molecule has 2 aromatic rings. The lowest BCUT2D eigenvalue weighted by Gasteiger charge is -2.35. The Labute approximate surface area is 163 Å². The molecule has 0 saturated carbocycles. The lowest BCUT2D eigenvalue weighted by molar-refractivity contribution is 0.102. The Balaban J connectivity index is 2.12. The van der Waals surface area contributed by atoms with Crippen molar-refractivity contribution in [2.75, 3.05) is 6.61 Å². The minimum Gasteiger partial charge on any atom is -0.507 e. The molecule has 0 heterocycles. The summed E-state index contributed by atoms with van der Waals surface area (Å²) < 4.78 is 5.99. The summed E-state index contributed by atoms with van der Waals surface area (Å²) in [4.78, 5) is 12.5. The van der Waals surface area contributed by atoms with Gasteiger partial charge < -0.3 is 9.84 Å². The van der Waals surface area contributed by atoms with Gasteiger partial charge in [-0.3, -0.25) is 4.79 Å². The molecule has 0 spiro atoms. The van der Waals surface area contributed by atoms with E-state index in [0.717, 1.165) is 6.42 Å². The van der Waals surface area contributed by atoms with Crippen LogP contribution in [-0.4, -0.2) is 17.5 Å². The first-order chi connectivity index (χ1) is 12.5. The smallest absolute Gasteiger partial charge is 0.196 e. The first-order valence-electron chi connectivity index (χ1n) is 9.53. The van der Waals surface area contributed by atoms with Gasteiger partial charge >= 0.3 is 0 Å². The van der Waals surface area contributed by atoms with Crippen LogP contribution in [0, 0.1) is 16.7 Å². The highest BCUT2D eigenvalue weighted by atomic mass is 16.5. The van der Waals surface area contributed by atoms with E-state index in [-0.39, 0.29) is 27.9 Å². The van der Waals surface area contributed by atoms with Crippen LogP contribution in [0.4, 0.5) is 0 Å². The molecule has 1 N–H and O–H groups in total. The number of carbonyl (C=O) groups excluding carboxylic acids is 1. The second-order valence-corrected chi connectivity index (χ2v) is 9.51. The number of hydrogen-bond donors (Lipinski definition) is 1. The highest BCUT2D eigenvalue weighted by molar-refractivity contribution is 6.10. The number of carbonyl (C=O) groups is 1. The summed E-state index contributed by atoms with van der Waals surface area (Å²) in [6, 6.07) is 13.9. The molecule has 0 aliphatic heterocycles. The monoisotopic (exact) mass is 368 g/mol. The molecule has 1 atom stereocenters. The zero-order chi connectivity index (χ0) is 20.2. The van der Waals surface area contributed by atoms with Crippen molar-refractivity contribution in [3.05, 3.63) is 59.7 Å². The number of rotatable bonds is 6. The van der Waals surface area contributed by atoms with Crippen molar-refractivity contribution < 1.29 is 14.6 Å². The first-order valence-corrected chi connectivity index (χ1v) is 9.53. The Morgan fingerprint density at radius 1 is 1.00 bits per heavy atom. The average Bonchev–Trinajstić information content (AvgIpc) is 2.57. The Morgan fingerprint density at radius 3 is 2.15 bits per heavy atom. The third-order valence-corrected chi connectivity index (χ3v) is 4.78. The molecular weight excluding hydrogens is 336 g/mol. The molecule has 3 nitrogen and oxygen atoms in total. The zero-order valence-electron chi connectivity index (χ0n) is 17.4. The Hall–Kier alpha value is -2.29. The van der Waals surface area contributed by atoms with Gasteiger partial charge in [0.05, 0.1) is 12.2 Å². The fourth-order valence-corrected chi connectivity index (χ4v) is 3.09. The quantitative estimate of drug-likeness (QED) is 0.627. The van der Waals surface area contributed by atoms with Gasteiger partial charge in [-0.1, -0.05) is 71.9 Å². The fraction of sp³-hybridized carbons (Fsp3) is 0.458. The molecule has 3 heteroatoms. The van der Waals surface area contributed by atoms with Crippen LogP contribution in [0.1, 0.15) is 63.9 Å². The maximum atomic E-state index is 12.5. The Morgan fingerprint density at radius 2 is 1.63 bits per heavy atom. The van der Waals surface area contributed by atoms with Crippen LogP contribution in [0.3, 0.4) is 0 Å². The molecule has 27 heavy (non-hydrogen) atoms. The van der Waals surface area contributed by atoms with Crippen LogP contribution in [0.5, 0.6) is 11.5 Å². The lowest BCUT2D eigenvalue weighted by Crippen LogP contribution is -2.30. The first kappa shape index (κ1) is 21.0. The molecule has 0 aliphatic rings. The maximum Gasteiger partial charge on any atom is 0.196 e. The van der Waals surface area contributed by atoms with Crippen LogP contribution >= 0.6 is 0 Å². The van der Waals surface area contributed by atoms with Gasteiger partial charge in [0.2, 0.25) is 0 Å². The summed E-state index contributed by atoms with van der Waals surface area (Å²) in [7, 11) is 0. The van der Waals surface area contributed by atoms with Crippen LogP contribution in [0.2, 0.25) is 0 Å². The average molecular weight is 369 g/mol. The summed E-state index contributed by atoms with van der Waals surface area (Å²) in [5, 5.41) is 10.3. The van der Waals surface area contributed by atoms with E-state index in [1.165, 1.54) is 6.07 Å². The van der Waals surface area contributed by atoms with Crippen molar-refractivity contribution >= 4 is 5.78 Å². The Kier molecular flexibility index (Phi) is 6.35. The number of phenols is 1. The molecule has 0 aromatic heterocycles. The number of ketones is 1. The molecule has 0 amide bonds. The Bertz CT molecular complexity index is 764. The normalized spacial score (nSPS) is 13.3. The van der Waals surface area contributed by atoms with Gasteiger partial charge in [-0.25, -0.2) is 0 Å². The van der Waals surface area contributed by atoms with Gasteiger partial charge in [0.15, 0.2) is 5.78 Å². The molecule has 0 saturated heterocycles. The maximum absolute atomic E-state index is 12.5. The van der Waals surface area contributed by atoms with E-state index in [0.29, 0.717) is 23.8 Å². The lowest BCUT2D eigenvalue weighted by atomic mass is 9.72. The highest BCUT2D eigenvalue weighted by Crippen LogP contribution is 2.36. The minimum absolute atomic E-state index is 0.0514. The molecule has 0 radical (unpaired) electrons. The molecule has 2 aromatic carbocycles. The summed E-state index contributed by atoms with van der Waals surface area (Å²) in [6.45, 7) is 14.0. The molecule has 1 unspecified atom stereocenters. The van der Waals surface area contributed by atoms with Gasteiger partial charge in [0.1, 0.15) is 11.5 Å². The summed E-state index contributed by atoms with van der Waals surface area (Å²) in [5.41, 5.74) is 1.18. The standard InChI is InChI=1S/C24H32O3/c1-23(2,3)15-18(24(4,5)6)16-27-19-12-13-20(21(25)14-19)22(26)17-10-8-7-9-11-17/h7-14,18,25H,15-16H2,1-6H3. The predicted molar refractivity (Wildman–Crippen MR) is 110 cm³/mol. The van der Waals surface area contributed by atoms with Crippen LogP contribution < -0.4 is 4.74 Å². The van der Waals surface area contributed by atoms with Crippen LogP contribution in [-0.2, 0) is 0 Å². The van der Waals surface area contributed by atoms with Gasteiger partial charge in [0, 0.05) is 11.6 Å². The molecule has 146 valence electrons. The molecule has 0 aliphatic carbocycles.